The number of nitrogens with zero attached hydrogens (tertiary/aromatic N) is 1. The van der Waals surface area contributed by atoms with Crippen LogP contribution in [0.2, 0.25) is 0 Å². The number of carbonyl (C=O) groups is 1. The Morgan fingerprint density at radius 2 is 1.89 bits per heavy atom. The maximum absolute atomic E-state index is 13.1. The average Bonchev–Trinajstić information content (AvgIpc) is 2.58. The van der Waals surface area contributed by atoms with E-state index in [1.165, 1.54) is 18.2 Å². The standard InChI is InChI=1S/C19H20F3NO4/c1-11-4-3-5-12(2)23(11)17(24)10-26-13-6-7-14-15(19(20,21)22)9-18(25)27-16(14)8-13/h6-9,11-12H,3-5,10H2,1-2H3. The average molecular weight is 383 g/mol. The Balaban J connectivity index is 1.80. The van der Waals surface area contributed by atoms with Crippen molar-refractivity contribution in [1.82, 2.24) is 4.90 Å². The van der Waals surface area contributed by atoms with E-state index in [1.54, 1.807) is 4.90 Å². The molecule has 0 spiro atoms. The first kappa shape index (κ1) is 19.3. The van der Waals surface area contributed by atoms with Gasteiger partial charge in [0, 0.05) is 29.6 Å². The van der Waals surface area contributed by atoms with Crippen LogP contribution in [0, 0.1) is 0 Å². The molecule has 1 aromatic heterocycles. The maximum Gasteiger partial charge on any atom is 0.417 e. The molecule has 1 aliphatic rings. The molecule has 0 aliphatic carbocycles. The van der Waals surface area contributed by atoms with Crippen molar-refractivity contribution in [3.05, 3.63) is 40.2 Å². The lowest BCUT2D eigenvalue weighted by atomic mass is 9.97. The molecule has 1 amide bonds. The van der Waals surface area contributed by atoms with Crippen LogP contribution < -0.4 is 10.4 Å². The summed E-state index contributed by atoms with van der Waals surface area (Å²) >= 11 is 0. The van der Waals surface area contributed by atoms with Gasteiger partial charge in [0.2, 0.25) is 0 Å². The second kappa shape index (κ2) is 7.25. The van der Waals surface area contributed by atoms with E-state index in [0.29, 0.717) is 6.07 Å². The minimum absolute atomic E-state index is 0.119. The molecule has 1 aliphatic heterocycles. The van der Waals surface area contributed by atoms with E-state index in [1.807, 2.05) is 13.8 Å². The summed E-state index contributed by atoms with van der Waals surface area (Å²) < 4.78 is 49.5. The number of carbonyl (C=O) groups excluding carboxylic acids is 1. The summed E-state index contributed by atoms with van der Waals surface area (Å²) in [5, 5.41) is -0.237. The first-order chi connectivity index (χ1) is 12.7. The lowest BCUT2D eigenvalue weighted by Crippen LogP contribution is -2.49. The Morgan fingerprint density at radius 1 is 1.22 bits per heavy atom. The normalized spacial score (nSPS) is 20.7. The van der Waals surface area contributed by atoms with E-state index in [-0.39, 0.29) is 41.3 Å². The van der Waals surface area contributed by atoms with Gasteiger partial charge in [0.25, 0.3) is 5.91 Å². The van der Waals surface area contributed by atoms with Crippen LogP contribution in [0.5, 0.6) is 5.75 Å². The summed E-state index contributed by atoms with van der Waals surface area (Å²) in [5.74, 6) is -0.0177. The molecule has 146 valence electrons. The third-order valence-electron chi connectivity index (χ3n) is 4.87. The highest BCUT2D eigenvalue weighted by Crippen LogP contribution is 2.34. The summed E-state index contributed by atoms with van der Waals surface area (Å²) in [4.78, 5) is 25.7. The van der Waals surface area contributed by atoms with Gasteiger partial charge in [-0.2, -0.15) is 13.2 Å². The van der Waals surface area contributed by atoms with Crippen LogP contribution in [0.15, 0.2) is 33.5 Å². The van der Waals surface area contributed by atoms with Crippen molar-refractivity contribution in [2.24, 2.45) is 0 Å². The number of alkyl halides is 3. The summed E-state index contributed by atoms with van der Waals surface area (Å²) in [7, 11) is 0. The molecular formula is C19H20F3NO4. The Bertz CT molecular complexity index is 896. The van der Waals surface area contributed by atoms with Crippen LogP contribution in [0.3, 0.4) is 0 Å². The van der Waals surface area contributed by atoms with Gasteiger partial charge in [-0.3, -0.25) is 4.79 Å². The number of piperidine rings is 1. The minimum atomic E-state index is -4.67. The largest absolute Gasteiger partial charge is 0.484 e. The van der Waals surface area contributed by atoms with Crippen molar-refractivity contribution in [1.29, 1.82) is 0 Å². The number of halogens is 3. The highest BCUT2D eigenvalue weighted by Gasteiger charge is 2.34. The van der Waals surface area contributed by atoms with E-state index in [2.05, 4.69) is 0 Å². The number of fused-ring (bicyclic) bond motifs is 1. The third-order valence-corrected chi connectivity index (χ3v) is 4.87. The fraction of sp³-hybridized carbons (Fsp3) is 0.474. The number of hydrogen-bond acceptors (Lipinski definition) is 4. The topological polar surface area (TPSA) is 59.8 Å². The highest BCUT2D eigenvalue weighted by atomic mass is 19.4. The Morgan fingerprint density at radius 3 is 2.52 bits per heavy atom. The molecule has 0 radical (unpaired) electrons. The molecule has 2 atom stereocenters. The second-order valence-corrected chi connectivity index (χ2v) is 6.85. The third kappa shape index (κ3) is 4.09. The minimum Gasteiger partial charge on any atom is -0.484 e. The monoisotopic (exact) mass is 383 g/mol. The van der Waals surface area contributed by atoms with Crippen LogP contribution >= 0.6 is 0 Å². The van der Waals surface area contributed by atoms with Crippen molar-refractivity contribution in [2.75, 3.05) is 6.61 Å². The lowest BCUT2D eigenvalue weighted by Gasteiger charge is -2.38. The van der Waals surface area contributed by atoms with Gasteiger partial charge < -0.3 is 14.1 Å². The molecular weight excluding hydrogens is 363 g/mol. The molecule has 2 aromatic rings. The molecule has 2 heterocycles. The van der Waals surface area contributed by atoms with Gasteiger partial charge >= 0.3 is 11.8 Å². The fourth-order valence-corrected chi connectivity index (χ4v) is 3.60. The van der Waals surface area contributed by atoms with E-state index in [9.17, 15) is 22.8 Å². The van der Waals surface area contributed by atoms with Gasteiger partial charge in [-0.1, -0.05) is 0 Å². The second-order valence-electron chi connectivity index (χ2n) is 6.85. The number of ether oxygens (including phenoxy) is 1. The first-order valence-electron chi connectivity index (χ1n) is 8.76. The summed E-state index contributed by atoms with van der Waals surface area (Å²) in [5.41, 5.74) is -2.40. The van der Waals surface area contributed by atoms with Crippen LogP contribution in [-0.4, -0.2) is 29.5 Å². The fourth-order valence-electron chi connectivity index (χ4n) is 3.60. The molecule has 2 unspecified atom stereocenters. The van der Waals surface area contributed by atoms with Crippen LogP contribution in [0.4, 0.5) is 13.2 Å². The van der Waals surface area contributed by atoms with E-state index in [4.69, 9.17) is 9.15 Å². The molecule has 0 N–H and O–H groups in total. The predicted molar refractivity (Wildman–Crippen MR) is 92.6 cm³/mol. The molecule has 1 saturated heterocycles. The van der Waals surface area contributed by atoms with Crippen molar-refractivity contribution in [2.45, 2.75) is 51.4 Å². The van der Waals surface area contributed by atoms with Crippen LogP contribution in [-0.2, 0) is 11.0 Å². The summed E-state index contributed by atoms with van der Waals surface area (Å²) in [6.07, 6.45) is -1.75. The van der Waals surface area contributed by atoms with E-state index < -0.39 is 17.4 Å². The Labute approximate surface area is 153 Å². The molecule has 5 nitrogen and oxygen atoms in total. The maximum atomic E-state index is 13.1. The molecule has 1 fully saturated rings. The number of hydrogen-bond donors (Lipinski definition) is 0. The highest BCUT2D eigenvalue weighted by molar-refractivity contribution is 5.82. The number of benzene rings is 1. The SMILES string of the molecule is CC1CCCC(C)N1C(=O)COc1ccc2c(C(F)(F)F)cc(=O)oc2c1. The predicted octanol–water partition coefficient (Wildman–Crippen LogP) is 3.98. The quantitative estimate of drug-likeness (QED) is 0.753. The van der Waals surface area contributed by atoms with Gasteiger partial charge in [-0.05, 0) is 45.2 Å². The van der Waals surface area contributed by atoms with Crippen molar-refractivity contribution in [3.63, 3.8) is 0 Å². The summed E-state index contributed by atoms with van der Waals surface area (Å²) in [6, 6.07) is 4.36. The van der Waals surface area contributed by atoms with Crippen LogP contribution in [0.25, 0.3) is 11.0 Å². The zero-order chi connectivity index (χ0) is 19.8. The number of likely N-dealkylation sites (tertiary alicyclic amines) is 1. The molecule has 1 aromatic carbocycles. The van der Waals surface area contributed by atoms with Crippen molar-refractivity contribution >= 4 is 16.9 Å². The Hall–Kier alpha value is -2.51. The molecule has 27 heavy (non-hydrogen) atoms. The molecule has 8 heteroatoms. The van der Waals surface area contributed by atoms with Gasteiger partial charge in [-0.15, -0.1) is 0 Å². The zero-order valence-corrected chi connectivity index (χ0v) is 15.0. The van der Waals surface area contributed by atoms with Gasteiger partial charge in [0.1, 0.15) is 11.3 Å². The number of rotatable bonds is 3. The van der Waals surface area contributed by atoms with E-state index >= 15 is 0 Å². The van der Waals surface area contributed by atoms with Gasteiger partial charge in [0.15, 0.2) is 6.61 Å². The number of amides is 1. The summed E-state index contributed by atoms with van der Waals surface area (Å²) in [6.45, 7) is 3.73. The molecule has 0 bridgehead atoms. The van der Waals surface area contributed by atoms with Crippen LogP contribution in [0.1, 0.15) is 38.7 Å². The first-order valence-corrected chi connectivity index (χ1v) is 8.76. The zero-order valence-electron chi connectivity index (χ0n) is 15.0. The smallest absolute Gasteiger partial charge is 0.417 e. The lowest BCUT2D eigenvalue weighted by molar-refractivity contribution is -0.139. The molecule has 3 rings (SSSR count). The Kier molecular flexibility index (Phi) is 5.17. The van der Waals surface area contributed by atoms with Gasteiger partial charge in [-0.25, -0.2) is 4.79 Å². The van der Waals surface area contributed by atoms with Gasteiger partial charge in [0.05, 0.1) is 5.56 Å². The van der Waals surface area contributed by atoms with Crippen molar-refractivity contribution in [3.8, 4) is 5.75 Å². The molecule has 0 saturated carbocycles. The van der Waals surface area contributed by atoms with Crippen molar-refractivity contribution < 1.29 is 27.1 Å². The van der Waals surface area contributed by atoms with E-state index in [0.717, 1.165) is 19.3 Å².